The third kappa shape index (κ3) is 11.9. The average molecular weight is 719 g/mol. The Morgan fingerprint density at radius 1 is 0.824 bits per heavy atom. The number of rotatable bonds is 18. The second-order valence-corrected chi connectivity index (χ2v) is 15.3. The molecule has 1 aliphatic rings. The molecule has 3 aromatic carbocycles. The molecule has 1 aliphatic carbocycles. The van der Waals surface area contributed by atoms with Gasteiger partial charge in [0.25, 0.3) is 11.8 Å². The van der Waals surface area contributed by atoms with E-state index in [2.05, 4.69) is 26.6 Å². The summed E-state index contributed by atoms with van der Waals surface area (Å²) in [6.07, 6.45) is 4.12. The Kier molecular flexibility index (Phi) is 13.7. The molecule has 274 valence electrons. The first kappa shape index (κ1) is 39.0. The second kappa shape index (κ2) is 18.0. The molecule has 5 N–H and O–H groups in total. The topological polar surface area (TPSA) is 166 Å². The minimum atomic E-state index is -3.72. The minimum absolute atomic E-state index is 0.0902. The van der Waals surface area contributed by atoms with Crippen molar-refractivity contribution in [2.75, 3.05) is 30.7 Å². The van der Waals surface area contributed by atoms with Crippen molar-refractivity contribution in [2.45, 2.75) is 70.6 Å². The Labute approximate surface area is 301 Å². The van der Waals surface area contributed by atoms with Crippen molar-refractivity contribution >= 4 is 39.3 Å². The highest BCUT2D eigenvalue weighted by Crippen LogP contribution is 2.27. The van der Waals surface area contributed by atoms with Gasteiger partial charge in [0.1, 0.15) is 6.04 Å². The first-order valence-electron chi connectivity index (χ1n) is 17.4. The summed E-state index contributed by atoms with van der Waals surface area (Å²) in [6, 6.07) is 21.0. The Morgan fingerprint density at radius 3 is 1.98 bits per heavy atom. The maximum absolute atomic E-state index is 13.9. The highest BCUT2D eigenvalue weighted by Gasteiger charge is 2.27. The molecule has 1 saturated carbocycles. The van der Waals surface area contributed by atoms with Gasteiger partial charge in [-0.05, 0) is 74.8 Å². The summed E-state index contributed by atoms with van der Waals surface area (Å²) in [5.41, 5.74) is 2.19. The number of nitrogens with one attached hydrogen (secondary N) is 5. The summed E-state index contributed by atoms with van der Waals surface area (Å²) in [5.74, 6) is -1.02. The Morgan fingerprint density at radius 2 is 1.41 bits per heavy atom. The molecule has 0 radical (unpaired) electrons. The highest BCUT2D eigenvalue weighted by atomic mass is 32.2. The van der Waals surface area contributed by atoms with Crippen LogP contribution in [0.2, 0.25) is 0 Å². The van der Waals surface area contributed by atoms with Crippen LogP contribution in [0.5, 0.6) is 0 Å². The molecular weight excluding hydrogens is 669 g/mol. The van der Waals surface area contributed by atoms with Gasteiger partial charge in [-0.15, -0.1) is 0 Å². The number of carbonyl (C=O) groups excluding carboxylic acids is 4. The van der Waals surface area contributed by atoms with E-state index in [1.165, 1.54) is 25.2 Å². The fourth-order valence-corrected chi connectivity index (χ4v) is 5.93. The first-order chi connectivity index (χ1) is 24.2. The first-order valence-corrected chi connectivity index (χ1v) is 19.2. The van der Waals surface area contributed by atoms with Gasteiger partial charge in [-0.2, -0.15) is 0 Å². The van der Waals surface area contributed by atoms with Crippen molar-refractivity contribution in [1.82, 2.24) is 26.6 Å². The SMILES string of the molecule is CC[C@H](NC(=O)[C@H](C)NC[C@H](Cc1ccccc1)NC(=O)c1cc(C(=O)N[C@H](C)c2ccccc2)cc(N(C)S(C)(=O)=O)c1)C(=O)NCC1CC1. The van der Waals surface area contributed by atoms with Crippen LogP contribution in [0.15, 0.2) is 78.9 Å². The number of benzene rings is 3. The van der Waals surface area contributed by atoms with E-state index in [-0.39, 0.29) is 41.2 Å². The van der Waals surface area contributed by atoms with Crippen molar-refractivity contribution in [3.05, 3.63) is 101 Å². The lowest BCUT2D eigenvalue weighted by Gasteiger charge is -2.24. The highest BCUT2D eigenvalue weighted by molar-refractivity contribution is 7.92. The number of anilines is 1. The quantitative estimate of drug-likeness (QED) is 0.135. The normalized spacial score (nSPS) is 15.1. The van der Waals surface area contributed by atoms with E-state index in [1.807, 2.05) is 74.5 Å². The molecule has 0 heterocycles. The molecule has 0 spiro atoms. The van der Waals surface area contributed by atoms with E-state index < -0.39 is 40.0 Å². The Bertz CT molecular complexity index is 1770. The number of hydrogen-bond acceptors (Lipinski definition) is 7. The van der Waals surface area contributed by atoms with Crippen molar-refractivity contribution in [1.29, 1.82) is 0 Å². The molecule has 3 aromatic rings. The van der Waals surface area contributed by atoms with Crippen molar-refractivity contribution in [2.24, 2.45) is 5.92 Å². The van der Waals surface area contributed by atoms with Crippen LogP contribution in [0.25, 0.3) is 0 Å². The molecule has 4 atom stereocenters. The molecule has 1 fully saturated rings. The van der Waals surface area contributed by atoms with Gasteiger partial charge in [-0.3, -0.25) is 23.5 Å². The fourth-order valence-electron chi connectivity index (χ4n) is 5.44. The molecule has 0 bridgehead atoms. The van der Waals surface area contributed by atoms with Gasteiger partial charge >= 0.3 is 0 Å². The summed E-state index contributed by atoms with van der Waals surface area (Å²) in [7, 11) is -2.36. The van der Waals surface area contributed by atoms with Crippen LogP contribution in [0, 0.1) is 5.92 Å². The molecule has 0 unspecified atom stereocenters. The zero-order chi connectivity index (χ0) is 37.1. The zero-order valence-electron chi connectivity index (χ0n) is 29.9. The third-order valence-electron chi connectivity index (χ3n) is 8.98. The standard InChI is InChI=1S/C38H50N6O6S/c1-6-34(38(48)40-23-28-17-18-28)43-35(45)26(3)39-24-32(19-27-13-9-7-10-14-27)42-37(47)31-20-30(21-33(22-31)44(4)51(5,49)50)36(46)41-25(2)29-15-11-8-12-16-29/h7-16,20-22,25-26,28,32,34,39H,6,17-19,23-24H2,1-5H3,(H,40,48)(H,41,46)(H,42,47)(H,43,45)/t25-,26+,32+,34+/m1/s1. The summed E-state index contributed by atoms with van der Waals surface area (Å²) in [5, 5.41) is 14.9. The maximum atomic E-state index is 13.9. The molecule has 4 amide bonds. The molecule has 0 saturated heterocycles. The zero-order valence-corrected chi connectivity index (χ0v) is 30.8. The lowest BCUT2D eigenvalue weighted by atomic mass is 10.0. The second-order valence-electron chi connectivity index (χ2n) is 13.3. The van der Waals surface area contributed by atoms with Gasteiger partial charge in [0, 0.05) is 37.3 Å². The van der Waals surface area contributed by atoms with Gasteiger partial charge in [0.05, 0.1) is 24.0 Å². The van der Waals surface area contributed by atoms with Crippen LogP contribution in [0.3, 0.4) is 0 Å². The van der Waals surface area contributed by atoms with Gasteiger partial charge in [-0.25, -0.2) is 8.42 Å². The predicted octanol–water partition coefficient (Wildman–Crippen LogP) is 3.31. The van der Waals surface area contributed by atoms with Gasteiger partial charge in [0.15, 0.2) is 0 Å². The number of nitrogens with zero attached hydrogens (tertiary/aromatic N) is 1. The van der Waals surface area contributed by atoms with E-state index in [0.717, 1.165) is 34.5 Å². The maximum Gasteiger partial charge on any atom is 0.251 e. The van der Waals surface area contributed by atoms with Crippen LogP contribution < -0.4 is 30.9 Å². The van der Waals surface area contributed by atoms with Crippen LogP contribution in [-0.4, -0.2) is 76.6 Å². The predicted molar refractivity (Wildman–Crippen MR) is 199 cm³/mol. The fraction of sp³-hybridized carbons (Fsp3) is 0.421. The Balaban J connectivity index is 1.51. The monoisotopic (exact) mass is 718 g/mol. The molecule has 51 heavy (non-hydrogen) atoms. The summed E-state index contributed by atoms with van der Waals surface area (Å²) in [4.78, 5) is 53.1. The smallest absolute Gasteiger partial charge is 0.251 e. The molecule has 12 nitrogen and oxygen atoms in total. The molecule has 13 heteroatoms. The van der Waals surface area contributed by atoms with Crippen molar-refractivity contribution in [3.8, 4) is 0 Å². The number of hydrogen-bond donors (Lipinski definition) is 5. The minimum Gasteiger partial charge on any atom is -0.354 e. The Hall–Kier alpha value is -4.75. The van der Waals surface area contributed by atoms with E-state index in [0.29, 0.717) is 25.3 Å². The van der Waals surface area contributed by atoms with Gasteiger partial charge in [-0.1, -0.05) is 67.6 Å². The molecule has 4 rings (SSSR count). The average Bonchev–Trinajstić information content (AvgIpc) is 3.96. The van der Waals surface area contributed by atoms with Crippen LogP contribution in [0.4, 0.5) is 5.69 Å². The van der Waals surface area contributed by atoms with E-state index >= 15 is 0 Å². The number of amides is 4. The van der Waals surface area contributed by atoms with Crippen molar-refractivity contribution < 1.29 is 27.6 Å². The van der Waals surface area contributed by atoms with Gasteiger partial charge in [0.2, 0.25) is 21.8 Å². The largest absolute Gasteiger partial charge is 0.354 e. The van der Waals surface area contributed by atoms with E-state index in [9.17, 15) is 27.6 Å². The van der Waals surface area contributed by atoms with Gasteiger partial charge < -0.3 is 26.6 Å². The number of sulfonamides is 1. The molecule has 0 aromatic heterocycles. The van der Waals surface area contributed by atoms with E-state index in [1.54, 1.807) is 6.92 Å². The summed E-state index contributed by atoms with van der Waals surface area (Å²) >= 11 is 0. The van der Waals surface area contributed by atoms with Crippen LogP contribution in [-0.2, 0) is 26.0 Å². The lowest BCUT2D eigenvalue weighted by molar-refractivity contribution is -0.129. The number of carbonyl (C=O) groups is 4. The van der Waals surface area contributed by atoms with E-state index in [4.69, 9.17) is 0 Å². The molecule has 0 aliphatic heterocycles. The van der Waals surface area contributed by atoms with Crippen LogP contribution in [0.1, 0.15) is 77.9 Å². The van der Waals surface area contributed by atoms with Crippen molar-refractivity contribution in [3.63, 3.8) is 0 Å². The summed E-state index contributed by atoms with van der Waals surface area (Å²) in [6.45, 7) is 6.18. The lowest BCUT2D eigenvalue weighted by Crippen LogP contribution is -2.54. The summed E-state index contributed by atoms with van der Waals surface area (Å²) < 4.78 is 26.0. The molecular formula is C38H50N6O6S. The van der Waals surface area contributed by atoms with Crippen LogP contribution >= 0.6 is 0 Å². The third-order valence-corrected chi connectivity index (χ3v) is 10.2.